The third-order valence-electron chi connectivity index (χ3n) is 5.66. The Kier molecular flexibility index (Phi) is 4.47. The number of alkyl halides is 1. The van der Waals surface area contributed by atoms with E-state index in [-0.39, 0.29) is 5.54 Å². The van der Waals surface area contributed by atoms with Gasteiger partial charge in [-0.25, -0.2) is 0 Å². The minimum Gasteiger partial charge on any atom is -0.325 e. The molecule has 0 aromatic heterocycles. The number of halogens is 1. The fourth-order valence-corrected chi connectivity index (χ4v) is 5.04. The molecule has 2 aliphatic rings. The number of fused-ring (bicyclic) bond motifs is 1. The Labute approximate surface area is 137 Å². The van der Waals surface area contributed by atoms with E-state index < -0.39 is 0 Å². The Balaban J connectivity index is 1.43. The van der Waals surface area contributed by atoms with Crippen LogP contribution in [0.15, 0.2) is 30.3 Å². The highest BCUT2D eigenvalue weighted by atomic mass is 79.9. The predicted molar refractivity (Wildman–Crippen MR) is 93.7 cm³/mol. The lowest BCUT2D eigenvalue weighted by molar-refractivity contribution is 0.291. The molecule has 1 nitrogen and oxygen atoms in total. The molecule has 2 saturated carbocycles. The molecule has 0 amide bonds. The average molecular weight is 350 g/mol. The average Bonchev–Trinajstić information content (AvgIpc) is 3.15. The van der Waals surface area contributed by atoms with E-state index in [9.17, 15) is 0 Å². The van der Waals surface area contributed by atoms with Crippen molar-refractivity contribution in [3.63, 3.8) is 0 Å². The first-order valence-electron chi connectivity index (χ1n) is 8.49. The maximum Gasteiger partial charge on any atom is 0.0292 e. The van der Waals surface area contributed by atoms with Crippen molar-refractivity contribution in [3.05, 3.63) is 35.9 Å². The maximum absolute atomic E-state index is 6.55. The molecule has 2 fully saturated rings. The van der Waals surface area contributed by atoms with Crippen LogP contribution in [0.3, 0.4) is 0 Å². The second kappa shape index (κ2) is 6.04. The van der Waals surface area contributed by atoms with Crippen molar-refractivity contribution in [2.75, 3.05) is 0 Å². The van der Waals surface area contributed by atoms with Crippen LogP contribution in [0, 0.1) is 11.8 Å². The molecule has 2 unspecified atom stereocenters. The molecule has 0 saturated heterocycles. The van der Waals surface area contributed by atoms with Gasteiger partial charge in [-0.3, -0.25) is 0 Å². The van der Waals surface area contributed by atoms with Crippen LogP contribution in [0.1, 0.15) is 57.4 Å². The Morgan fingerprint density at radius 1 is 1.19 bits per heavy atom. The van der Waals surface area contributed by atoms with Gasteiger partial charge in [0.1, 0.15) is 0 Å². The number of hydrogen-bond donors (Lipinski definition) is 1. The van der Waals surface area contributed by atoms with Crippen molar-refractivity contribution in [2.24, 2.45) is 17.6 Å². The van der Waals surface area contributed by atoms with Gasteiger partial charge >= 0.3 is 0 Å². The van der Waals surface area contributed by atoms with Gasteiger partial charge in [0.25, 0.3) is 0 Å². The van der Waals surface area contributed by atoms with E-state index in [1.54, 1.807) is 0 Å². The number of aryl methyl sites for hydroxylation is 1. The standard InChI is InChI=1S/C19H28BrN/c1-18(21,11-9-15-5-3-2-4-6-15)12-10-16-7-8-17-14-19(17,20)13-16/h2-6,16-17H,7-14,21H2,1H3/t16?,17-,18-,19?/m1/s1. The zero-order valence-corrected chi connectivity index (χ0v) is 14.7. The minimum absolute atomic E-state index is 0.0181. The second-order valence-corrected chi connectivity index (χ2v) is 9.34. The molecule has 2 heteroatoms. The van der Waals surface area contributed by atoms with Crippen LogP contribution >= 0.6 is 15.9 Å². The molecule has 0 radical (unpaired) electrons. The molecule has 0 heterocycles. The third-order valence-corrected chi connectivity index (χ3v) is 6.95. The summed E-state index contributed by atoms with van der Waals surface area (Å²) in [6.07, 6.45) is 10.3. The Morgan fingerprint density at radius 2 is 1.95 bits per heavy atom. The smallest absolute Gasteiger partial charge is 0.0292 e. The molecular weight excluding hydrogens is 322 g/mol. The molecule has 2 N–H and O–H groups in total. The number of benzene rings is 1. The molecule has 2 aliphatic carbocycles. The van der Waals surface area contributed by atoms with Crippen LogP contribution in [-0.4, -0.2) is 9.86 Å². The van der Waals surface area contributed by atoms with Gasteiger partial charge in [0, 0.05) is 9.86 Å². The Bertz CT molecular complexity index is 470. The number of hydrogen-bond acceptors (Lipinski definition) is 1. The zero-order valence-electron chi connectivity index (χ0n) is 13.2. The van der Waals surface area contributed by atoms with Crippen LogP contribution in [0.4, 0.5) is 0 Å². The lowest BCUT2D eigenvalue weighted by Crippen LogP contribution is -2.37. The minimum atomic E-state index is -0.0181. The van der Waals surface area contributed by atoms with Crippen molar-refractivity contribution in [1.29, 1.82) is 0 Å². The van der Waals surface area contributed by atoms with Crippen LogP contribution in [0.2, 0.25) is 0 Å². The third kappa shape index (κ3) is 4.10. The number of rotatable bonds is 6. The summed E-state index contributed by atoms with van der Waals surface area (Å²) in [5.74, 6) is 1.87. The van der Waals surface area contributed by atoms with Crippen LogP contribution in [0.5, 0.6) is 0 Å². The molecule has 21 heavy (non-hydrogen) atoms. The van der Waals surface area contributed by atoms with Crippen molar-refractivity contribution in [1.82, 2.24) is 0 Å². The molecule has 1 aromatic carbocycles. The van der Waals surface area contributed by atoms with Gasteiger partial charge in [-0.2, -0.15) is 0 Å². The summed E-state index contributed by atoms with van der Waals surface area (Å²) in [5, 5.41) is 0. The van der Waals surface area contributed by atoms with E-state index in [2.05, 4.69) is 53.2 Å². The molecule has 116 valence electrons. The SMILES string of the molecule is C[C@@](N)(CCc1ccccc1)CCC1CC[C@@H]2CC2(Br)C1. The Hall–Kier alpha value is -0.340. The van der Waals surface area contributed by atoms with Crippen molar-refractivity contribution in [3.8, 4) is 0 Å². The van der Waals surface area contributed by atoms with Crippen molar-refractivity contribution >= 4 is 15.9 Å². The van der Waals surface area contributed by atoms with E-state index in [1.165, 1.54) is 37.7 Å². The fourth-order valence-electron chi connectivity index (χ4n) is 3.96. The first-order valence-corrected chi connectivity index (χ1v) is 9.28. The first-order chi connectivity index (χ1) is 9.97. The first kappa shape index (κ1) is 15.6. The molecule has 3 rings (SSSR count). The van der Waals surface area contributed by atoms with E-state index in [1.807, 2.05) is 0 Å². The lowest BCUT2D eigenvalue weighted by atomic mass is 9.81. The van der Waals surface area contributed by atoms with E-state index in [0.717, 1.165) is 31.1 Å². The van der Waals surface area contributed by atoms with E-state index >= 15 is 0 Å². The van der Waals surface area contributed by atoms with Crippen LogP contribution in [0.25, 0.3) is 0 Å². The fraction of sp³-hybridized carbons (Fsp3) is 0.684. The van der Waals surface area contributed by atoms with Crippen molar-refractivity contribution < 1.29 is 0 Å². The highest BCUT2D eigenvalue weighted by Crippen LogP contribution is 2.61. The quantitative estimate of drug-likeness (QED) is 0.712. The number of nitrogens with two attached hydrogens (primary N) is 1. The Morgan fingerprint density at radius 3 is 2.67 bits per heavy atom. The van der Waals surface area contributed by atoms with Gasteiger partial charge in [-0.15, -0.1) is 0 Å². The summed E-state index contributed by atoms with van der Waals surface area (Å²) < 4.78 is 0.533. The largest absolute Gasteiger partial charge is 0.325 e. The summed E-state index contributed by atoms with van der Waals surface area (Å²) in [7, 11) is 0. The second-order valence-electron chi connectivity index (χ2n) is 7.76. The van der Waals surface area contributed by atoms with E-state index in [0.29, 0.717) is 4.32 Å². The maximum atomic E-state index is 6.55. The van der Waals surface area contributed by atoms with Crippen LogP contribution < -0.4 is 5.73 Å². The molecule has 0 bridgehead atoms. The van der Waals surface area contributed by atoms with Gasteiger partial charge in [0.2, 0.25) is 0 Å². The van der Waals surface area contributed by atoms with Gasteiger partial charge in [0.05, 0.1) is 0 Å². The highest BCUT2D eigenvalue weighted by molar-refractivity contribution is 9.10. The molecule has 0 aliphatic heterocycles. The summed E-state index contributed by atoms with van der Waals surface area (Å²) >= 11 is 3.96. The van der Waals surface area contributed by atoms with Crippen LogP contribution in [-0.2, 0) is 6.42 Å². The van der Waals surface area contributed by atoms with E-state index in [4.69, 9.17) is 5.73 Å². The molecule has 4 atom stereocenters. The summed E-state index contributed by atoms with van der Waals surface area (Å²) in [4.78, 5) is 0. The summed E-state index contributed by atoms with van der Waals surface area (Å²) in [6.45, 7) is 2.24. The summed E-state index contributed by atoms with van der Waals surface area (Å²) in [6, 6.07) is 10.7. The summed E-state index contributed by atoms with van der Waals surface area (Å²) in [5.41, 5.74) is 7.94. The normalized spacial score (nSPS) is 34.0. The zero-order chi connectivity index (χ0) is 14.9. The molecule has 1 aromatic rings. The predicted octanol–water partition coefficient (Wildman–Crippen LogP) is 5.07. The van der Waals surface area contributed by atoms with Crippen molar-refractivity contribution in [2.45, 2.75) is 68.2 Å². The van der Waals surface area contributed by atoms with Gasteiger partial charge in [-0.05, 0) is 69.3 Å². The van der Waals surface area contributed by atoms with Gasteiger partial charge in [-0.1, -0.05) is 52.7 Å². The van der Waals surface area contributed by atoms with Gasteiger partial charge in [0.15, 0.2) is 0 Å². The molecule has 0 spiro atoms. The van der Waals surface area contributed by atoms with Gasteiger partial charge < -0.3 is 5.73 Å². The lowest BCUT2D eigenvalue weighted by Gasteiger charge is -2.30. The highest BCUT2D eigenvalue weighted by Gasteiger charge is 2.54. The monoisotopic (exact) mass is 349 g/mol. The molecular formula is C19H28BrN. The topological polar surface area (TPSA) is 26.0 Å².